The lowest BCUT2D eigenvalue weighted by atomic mass is 10.1. The maximum Gasteiger partial charge on any atom is 0.434 e. The highest BCUT2D eigenvalue weighted by atomic mass is 79.9. The second-order valence-electron chi connectivity index (χ2n) is 13.3. The summed E-state index contributed by atoms with van der Waals surface area (Å²) in [6, 6.07) is 3.73. The zero-order chi connectivity index (χ0) is 49.1. The molecule has 2 atom stereocenters. The number of halogens is 6. The van der Waals surface area contributed by atoms with E-state index in [4.69, 9.17) is 41.5 Å². The van der Waals surface area contributed by atoms with Crippen LogP contribution in [0.15, 0.2) is 46.0 Å². The number of nitrogens with one attached hydrogen (secondary N) is 2. The highest BCUT2D eigenvalue weighted by molar-refractivity contribution is 9.10. The number of anilines is 1. The fraction of sp³-hybridized carbons (Fsp3) is 0.371. The van der Waals surface area contributed by atoms with Gasteiger partial charge < -0.3 is 34.8 Å². The van der Waals surface area contributed by atoms with E-state index < -0.39 is 80.6 Å². The van der Waals surface area contributed by atoms with Crippen LogP contribution in [0.1, 0.15) is 46.7 Å². The van der Waals surface area contributed by atoms with E-state index >= 15 is 0 Å². The van der Waals surface area contributed by atoms with Crippen LogP contribution in [0.3, 0.4) is 0 Å². The number of hydrogen-bond donors (Lipinski definition) is 5. The minimum Gasteiger partial charge on any atom is -0.481 e. The number of nitrogens with two attached hydrogens (primary N) is 1. The Morgan fingerprint density at radius 2 is 1.66 bits per heavy atom. The molecule has 0 saturated carbocycles. The quantitative estimate of drug-likeness (QED) is 0.0667. The lowest BCUT2D eigenvalue weighted by molar-refractivity contribution is -0.144. The molecule has 0 aliphatic rings. The van der Waals surface area contributed by atoms with Gasteiger partial charge in [0, 0.05) is 45.7 Å². The van der Waals surface area contributed by atoms with Crippen LogP contribution in [0.2, 0.25) is 5.02 Å². The summed E-state index contributed by atoms with van der Waals surface area (Å²) in [5, 5.41) is 13.3. The summed E-state index contributed by atoms with van der Waals surface area (Å²) >= 11 is 8.67. The third-order valence-corrected chi connectivity index (χ3v) is 11.0. The first-order valence-corrected chi connectivity index (χ1v) is 22.6. The van der Waals surface area contributed by atoms with Gasteiger partial charge in [0.05, 0.1) is 47.0 Å². The average Bonchev–Trinajstić information content (AvgIpc) is 3.49. The molecule has 352 valence electrons. The Kier molecular flexibility index (Phi) is 19.6. The molecule has 3 aromatic heterocycles. The maximum absolute atomic E-state index is 14.3. The van der Waals surface area contributed by atoms with Crippen molar-refractivity contribution < 1.29 is 73.9 Å². The number of carboxylic acid groups (broad SMARTS) is 1. The number of hydrogen-bond acceptors (Lipinski definition) is 15. The van der Waals surface area contributed by atoms with Gasteiger partial charge in [0.15, 0.2) is 18.1 Å². The number of aryl methyl sites for hydroxylation is 1. The number of methoxy groups -OCH3 is 2. The first-order valence-electron chi connectivity index (χ1n) is 17.7. The molecule has 4 rings (SSSR count). The first-order chi connectivity index (χ1) is 29.4. The van der Waals surface area contributed by atoms with Gasteiger partial charge in [-0.15, -0.1) is 0 Å². The van der Waals surface area contributed by atoms with Gasteiger partial charge in [-0.05, 0) is 60.5 Å². The molecular weight excluding hydrogens is 993 g/mol. The van der Waals surface area contributed by atoms with Gasteiger partial charge in [0.1, 0.15) is 17.6 Å². The summed E-state index contributed by atoms with van der Waals surface area (Å²) in [7, 11) is -0.869. The molecule has 0 aliphatic heterocycles. The summed E-state index contributed by atoms with van der Waals surface area (Å²) in [5.41, 5.74) is 3.04. The zero-order valence-corrected chi connectivity index (χ0v) is 38.9. The Balaban J connectivity index is 0.000000360. The standard InChI is InChI=1S/C15H12BrClF4N2O2.C15H18N6O6S.C5H12NO4P/c1-6(2)25-14(24)7-4-8(10(18)5-9(7)17)12-11(16)13(15(19,20)21)23(3)22-12;1-21(2)13(22)9-6-5-7-16-12(9)28(24,25)20-15(23)19-14-17-10(26-3)8-11(18-14)27-4;1-11(9,10)3-2-4(6)5(7)8/h4-6H,1-3H3;5-8H,1-4H3,(H2,17,18,19,20,23);4H,2-3,6H2,1H3,(H,7,8)(H,9,10). The van der Waals surface area contributed by atoms with Crippen LogP contribution in [-0.4, -0.2) is 125 Å². The van der Waals surface area contributed by atoms with Crippen molar-refractivity contribution in [3.05, 3.63) is 68.7 Å². The number of carbonyl (C=O) groups excluding carboxylic acids is 3. The highest BCUT2D eigenvalue weighted by Gasteiger charge is 2.39. The predicted molar refractivity (Wildman–Crippen MR) is 224 cm³/mol. The Morgan fingerprint density at radius 1 is 1.08 bits per heavy atom. The highest BCUT2D eigenvalue weighted by Crippen LogP contribution is 2.41. The Morgan fingerprint density at radius 3 is 2.12 bits per heavy atom. The minimum absolute atomic E-state index is 0.0412. The van der Waals surface area contributed by atoms with Crippen molar-refractivity contribution in [3.8, 4) is 23.0 Å². The molecule has 64 heavy (non-hydrogen) atoms. The van der Waals surface area contributed by atoms with Gasteiger partial charge in [0.25, 0.3) is 15.9 Å². The summed E-state index contributed by atoms with van der Waals surface area (Å²) in [4.78, 5) is 67.8. The Bertz CT molecular complexity index is 2490. The number of nitrogens with zero attached hydrogens (tertiary/aromatic N) is 6. The number of carboxylic acids is 1. The summed E-state index contributed by atoms with van der Waals surface area (Å²) in [6.07, 6.45) is -3.95. The monoisotopic (exact) mass is 1030 g/mol. The van der Waals surface area contributed by atoms with Crippen molar-refractivity contribution in [2.24, 2.45) is 12.8 Å². The average molecular weight is 1040 g/mol. The van der Waals surface area contributed by atoms with Crippen LogP contribution in [0.4, 0.5) is 28.3 Å². The van der Waals surface area contributed by atoms with E-state index in [1.807, 2.05) is 0 Å². The third kappa shape index (κ3) is 16.0. The molecule has 6 N–H and O–H groups in total. The van der Waals surface area contributed by atoms with E-state index in [-0.39, 0.29) is 57.7 Å². The van der Waals surface area contributed by atoms with Crippen LogP contribution in [0, 0.1) is 5.82 Å². The van der Waals surface area contributed by atoms with E-state index in [0.717, 1.165) is 19.2 Å². The molecule has 3 amide bonds. The van der Waals surface area contributed by atoms with Crippen molar-refractivity contribution in [3.63, 3.8) is 0 Å². The van der Waals surface area contributed by atoms with Gasteiger partial charge in [-0.25, -0.2) is 23.7 Å². The van der Waals surface area contributed by atoms with E-state index in [0.29, 0.717) is 4.68 Å². The van der Waals surface area contributed by atoms with Gasteiger partial charge in [0.2, 0.25) is 17.7 Å². The molecule has 0 fully saturated rings. The number of rotatable bonds is 13. The van der Waals surface area contributed by atoms with E-state index in [1.165, 1.54) is 64.3 Å². The molecule has 0 aliphatic carbocycles. The fourth-order valence-electron chi connectivity index (χ4n) is 4.62. The smallest absolute Gasteiger partial charge is 0.434 e. The number of sulfonamides is 1. The lowest BCUT2D eigenvalue weighted by Gasteiger charge is -2.14. The molecule has 4 aromatic rings. The zero-order valence-electron chi connectivity index (χ0n) is 34.9. The van der Waals surface area contributed by atoms with Crippen molar-refractivity contribution in [2.45, 2.75) is 43.6 Å². The van der Waals surface area contributed by atoms with Crippen LogP contribution in [0.25, 0.3) is 11.3 Å². The van der Waals surface area contributed by atoms with E-state index in [9.17, 15) is 49.7 Å². The molecular formula is C35H42BrClF4N9O12PS. The SMILES string of the molecule is CC(C)OC(=O)c1cc(-c2nn(C)c(C(F)(F)F)c2Br)c(F)cc1Cl.COc1cc(OC)nc(NC(=O)NS(=O)(=O)c2ncccc2C(=O)N(C)C)n1.CP(=O)(O)CCC(N)C(=O)O. The topological polar surface area (TPSA) is 297 Å². The lowest BCUT2D eigenvalue weighted by Crippen LogP contribution is -2.36. The molecule has 0 saturated heterocycles. The summed E-state index contributed by atoms with van der Waals surface area (Å²) in [5.74, 6) is -3.53. The molecule has 1 aromatic carbocycles. The Labute approximate surface area is 376 Å². The molecule has 3 heterocycles. The van der Waals surface area contributed by atoms with Crippen LogP contribution in [-0.2, 0) is 37.3 Å². The number of esters is 1. The minimum atomic E-state index is -4.69. The Hall–Kier alpha value is -5.47. The number of pyridine rings is 1. The second kappa shape index (κ2) is 22.9. The first kappa shape index (κ1) is 54.7. The number of ether oxygens (including phenoxy) is 3. The summed E-state index contributed by atoms with van der Waals surface area (Å²) in [6.45, 7) is 4.41. The van der Waals surface area contributed by atoms with Gasteiger partial charge in [-0.3, -0.25) is 24.2 Å². The van der Waals surface area contributed by atoms with Crippen molar-refractivity contribution in [1.29, 1.82) is 0 Å². The number of urea groups is 1. The van der Waals surface area contributed by atoms with E-state index in [2.05, 4.69) is 41.3 Å². The number of aliphatic carboxylic acids is 1. The summed E-state index contributed by atoms with van der Waals surface area (Å²) < 4.78 is 106. The molecule has 29 heteroatoms. The third-order valence-electron chi connectivity index (χ3n) is 7.52. The maximum atomic E-state index is 14.3. The number of benzene rings is 1. The van der Waals surface area contributed by atoms with Crippen LogP contribution in [0.5, 0.6) is 11.8 Å². The van der Waals surface area contributed by atoms with Gasteiger partial charge >= 0.3 is 24.1 Å². The van der Waals surface area contributed by atoms with Crippen LogP contribution < -0.4 is 25.2 Å². The molecule has 21 nitrogen and oxygen atoms in total. The van der Waals surface area contributed by atoms with Crippen LogP contribution >= 0.6 is 34.9 Å². The molecule has 0 bridgehead atoms. The van der Waals surface area contributed by atoms with Crippen molar-refractivity contribution in [1.82, 2.24) is 34.4 Å². The van der Waals surface area contributed by atoms with Crippen molar-refractivity contribution >= 4 is 74.7 Å². The number of alkyl halides is 3. The van der Waals surface area contributed by atoms with Gasteiger partial charge in [-0.2, -0.15) is 36.7 Å². The molecule has 2 unspecified atom stereocenters. The largest absolute Gasteiger partial charge is 0.481 e. The normalized spacial score (nSPS) is 12.6. The second-order valence-corrected chi connectivity index (χ2v) is 18.6. The number of carbonyl (C=O) groups is 4. The van der Waals surface area contributed by atoms with Gasteiger partial charge in [-0.1, -0.05) is 11.6 Å². The number of amides is 3. The number of aromatic nitrogens is 5. The predicted octanol–water partition coefficient (Wildman–Crippen LogP) is 5.02. The fourth-order valence-corrected chi connectivity index (χ4v) is 7.42. The van der Waals surface area contributed by atoms with E-state index in [1.54, 1.807) is 18.6 Å². The van der Waals surface area contributed by atoms with Crippen molar-refractivity contribution in [2.75, 3.05) is 46.5 Å². The molecule has 0 spiro atoms. The molecule has 0 radical (unpaired) electrons.